The van der Waals surface area contributed by atoms with Crippen molar-refractivity contribution in [2.75, 3.05) is 13.2 Å². The molecular formula is C16H23NO5S. The Kier molecular flexibility index (Phi) is 5.01. The second-order valence-corrected chi connectivity index (χ2v) is 8.20. The van der Waals surface area contributed by atoms with Crippen LogP contribution in [0.3, 0.4) is 0 Å². The van der Waals surface area contributed by atoms with Gasteiger partial charge in [0, 0.05) is 6.54 Å². The van der Waals surface area contributed by atoms with Crippen LogP contribution in [0.2, 0.25) is 0 Å². The minimum absolute atomic E-state index is 0.0596. The molecule has 128 valence electrons. The Morgan fingerprint density at radius 1 is 1.30 bits per heavy atom. The van der Waals surface area contributed by atoms with Crippen molar-refractivity contribution in [1.82, 2.24) is 4.90 Å². The van der Waals surface area contributed by atoms with Crippen LogP contribution in [0.5, 0.6) is 0 Å². The Hall–Kier alpha value is -1.60. The van der Waals surface area contributed by atoms with Gasteiger partial charge in [-0.25, -0.2) is 4.79 Å². The van der Waals surface area contributed by atoms with Crippen molar-refractivity contribution in [2.24, 2.45) is 0 Å². The van der Waals surface area contributed by atoms with Crippen LogP contribution in [0.1, 0.15) is 32.8 Å². The van der Waals surface area contributed by atoms with E-state index in [1.165, 1.54) is 11.0 Å². The number of amides is 1. The lowest BCUT2D eigenvalue weighted by atomic mass is 10.1. The molecule has 1 heterocycles. The summed E-state index contributed by atoms with van der Waals surface area (Å²) in [6, 6.07) is 6.37. The summed E-state index contributed by atoms with van der Waals surface area (Å²) in [5, 5.41) is 0. The number of ether oxygens (including phenoxy) is 1. The second kappa shape index (κ2) is 6.49. The number of carbonyl (C=O) groups is 1. The Morgan fingerprint density at radius 3 is 2.48 bits per heavy atom. The van der Waals surface area contributed by atoms with Gasteiger partial charge in [0.15, 0.2) is 0 Å². The summed E-state index contributed by atoms with van der Waals surface area (Å²) in [4.78, 5) is 13.7. The third kappa shape index (κ3) is 4.45. The summed E-state index contributed by atoms with van der Waals surface area (Å²) in [5.74, 6) is 0. The monoisotopic (exact) mass is 341 g/mol. The number of benzene rings is 1. The highest BCUT2D eigenvalue weighted by molar-refractivity contribution is 7.86. The van der Waals surface area contributed by atoms with Gasteiger partial charge in [-0.05, 0) is 45.7 Å². The topological polar surface area (TPSA) is 72.9 Å². The van der Waals surface area contributed by atoms with Crippen LogP contribution in [0.4, 0.5) is 4.79 Å². The maximum absolute atomic E-state index is 12.2. The van der Waals surface area contributed by atoms with E-state index in [2.05, 4.69) is 0 Å². The van der Waals surface area contributed by atoms with Gasteiger partial charge in [-0.2, -0.15) is 8.42 Å². The van der Waals surface area contributed by atoms with Crippen molar-refractivity contribution in [1.29, 1.82) is 0 Å². The second-order valence-electron chi connectivity index (χ2n) is 6.62. The van der Waals surface area contributed by atoms with Gasteiger partial charge in [0.1, 0.15) is 5.60 Å². The lowest BCUT2D eigenvalue weighted by Gasteiger charge is -2.40. The number of hydrogen-bond acceptors (Lipinski definition) is 5. The van der Waals surface area contributed by atoms with Crippen molar-refractivity contribution >= 4 is 16.2 Å². The van der Waals surface area contributed by atoms with E-state index in [9.17, 15) is 13.2 Å². The Bertz CT molecular complexity index is 678. The quantitative estimate of drug-likeness (QED) is 0.787. The maximum Gasteiger partial charge on any atom is 0.410 e. The molecule has 6 nitrogen and oxygen atoms in total. The molecule has 0 saturated carbocycles. The van der Waals surface area contributed by atoms with Crippen LogP contribution < -0.4 is 0 Å². The normalized spacial score (nSPS) is 18.4. The molecule has 0 aliphatic carbocycles. The lowest BCUT2D eigenvalue weighted by molar-refractivity contribution is -0.0137. The van der Waals surface area contributed by atoms with E-state index in [1.807, 2.05) is 0 Å². The number of rotatable bonds is 4. The van der Waals surface area contributed by atoms with E-state index in [1.54, 1.807) is 45.9 Å². The van der Waals surface area contributed by atoms with Crippen LogP contribution in [-0.2, 0) is 19.0 Å². The SMILES string of the molecule is Cc1ccccc1S(=O)(=O)OC[C@H]1CCN1C(=O)OC(C)(C)C. The molecule has 1 fully saturated rings. The highest BCUT2D eigenvalue weighted by Gasteiger charge is 2.36. The van der Waals surface area contributed by atoms with Crippen molar-refractivity contribution in [2.45, 2.75) is 50.7 Å². The van der Waals surface area contributed by atoms with Gasteiger partial charge in [0.05, 0.1) is 17.5 Å². The molecule has 1 atom stereocenters. The van der Waals surface area contributed by atoms with Gasteiger partial charge in [0.2, 0.25) is 0 Å². The lowest BCUT2D eigenvalue weighted by Crippen LogP contribution is -2.54. The molecule has 0 radical (unpaired) electrons. The average molecular weight is 341 g/mol. The Balaban J connectivity index is 1.96. The fraction of sp³-hybridized carbons (Fsp3) is 0.562. The third-order valence-corrected chi connectivity index (χ3v) is 4.99. The number of aryl methyl sites for hydroxylation is 1. The molecule has 1 aliphatic rings. The molecule has 7 heteroatoms. The molecule has 0 N–H and O–H groups in total. The van der Waals surface area contributed by atoms with Crippen molar-refractivity contribution in [3.8, 4) is 0 Å². The summed E-state index contributed by atoms with van der Waals surface area (Å²) in [6.07, 6.45) is 0.258. The maximum atomic E-state index is 12.2. The molecule has 0 spiro atoms. The summed E-state index contributed by atoms with van der Waals surface area (Å²) in [7, 11) is -3.83. The average Bonchev–Trinajstić information content (AvgIpc) is 2.35. The smallest absolute Gasteiger partial charge is 0.410 e. The van der Waals surface area contributed by atoms with E-state index in [0.717, 1.165) is 0 Å². The fourth-order valence-electron chi connectivity index (χ4n) is 2.24. The molecule has 2 rings (SSSR count). The first kappa shape index (κ1) is 17.7. The van der Waals surface area contributed by atoms with E-state index < -0.39 is 21.8 Å². The molecule has 1 saturated heterocycles. The molecule has 0 unspecified atom stereocenters. The number of carbonyl (C=O) groups excluding carboxylic acids is 1. The molecule has 1 amide bonds. The Morgan fingerprint density at radius 2 is 1.96 bits per heavy atom. The summed E-state index contributed by atoms with van der Waals surface area (Å²) in [6.45, 7) is 7.58. The van der Waals surface area contributed by atoms with Crippen LogP contribution >= 0.6 is 0 Å². The van der Waals surface area contributed by atoms with E-state index >= 15 is 0 Å². The van der Waals surface area contributed by atoms with Crippen LogP contribution in [0.15, 0.2) is 29.2 Å². The highest BCUT2D eigenvalue weighted by Crippen LogP contribution is 2.24. The summed E-state index contributed by atoms with van der Waals surface area (Å²) < 4.78 is 34.9. The fourth-order valence-corrected chi connectivity index (χ4v) is 3.41. The summed E-state index contributed by atoms with van der Waals surface area (Å²) in [5.41, 5.74) is 0.0517. The number of hydrogen-bond donors (Lipinski definition) is 0. The zero-order valence-corrected chi connectivity index (χ0v) is 14.7. The van der Waals surface area contributed by atoms with Crippen LogP contribution in [0, 0.1) is 6.92 Å². The number of nitrogens with zero attached hydrogens (tertiary/aromatic N) is 1. The first-order valence-electron chi connectivity index (χ1n) is 7.55. The summed E-state index contributed by atoms with van der Waals surface area (Å²) >= 11 is 0. The minimum Gasteiger partial charge on any atom is -0.444 e. The van der Waals surface area contributed by atoms with E-state index in [4.69, 9.17) is 8.92 Å². The van der Waals surface area contributed by atoms with Gasteiger partial charge < -0.3 is 9.64 Å². The van der Waals surface area contributed by atoms with Crippen LogP contribution in [-0.4, -0.2) is 44.2 Å². The molecule has 0 bridgehead atoms. The van der Waals surface area contributed by atoms with E-state index in [-0.39, 0.29) is 17.5 Å². The standard InChI is InChI=1S/C16H23NO5S/c1-12-7-5-6-8-14(12)23(19,20)21-11-13-9-10-17(13)15(18)22-16(2,3)4/h5-8,13H,9-11H2,1-4H3/t13-/m1/s1. The van der Waals surface area contributed by atoms with Gasteiger partial charge in [-0.1, -0.05) is 18.2 Å². The predicted molar refractivity (Wildman–Crippen MR) is 85.7 cm³/mol. The minimum atomic E-state index is -3.83. The number of likely N-dealkylation sites (tertiary alicyclic amines) is 1. The van der Waals surface area contributed by atoms with Gasteiger partial charge in [-0.3, -0.25) is 4.18 Å². The van der Waals surface area contributed by atoms with Gasteiger partial charge >= 0.3 is 6.09 Å². The molecule has 0 aromatic heterocycles. The zero-order valence-electron chi connectivity index (χ0n) is 13.9. The van der Waals surface area contributed by atoms with Crippen molar-refractivity contribution in [3.63, 3.8) is 0 Å². The molecule has 23 heavy (non-hydrogen) atoms. The first-order chi connectivity index (χ1) is 10.6. The largest absolute Gasteiger partial charge is 0.444 e. The Labute approximate surface area is 137 Å². The van der Waals surface area contributed by atoms with Gasteiger partial charge in [0.25, 0.3) is 10.1 Å². The molecular weight excluding hydrogens is 318 g/mol. The highest BCUT2D eigenvalue weighted by atomic mass is 32.2. The molecule has 1 aliphatic heterocycles. The van der Waals surface area contributed by atoms with Crippen molar-refractivity contribution in [3.05, 3.63) is 29.8 Å². The van der Waals surface area contributed by atoms with Crippen LogP contribution in [0.25, 0.3) is 0 Å². The molecule has 1 aromatic carbocycles. The zero-order chi connectivity index (χ0) is 17.3. The first-order valence-corrected chi connectivity index (χ1v) is 8.96. The third-order valence-electron chi connectivity index (χ3n) is 3.55. The molecule has 1 aromatic rings. The van der Waals surface area contributed by atoms with Gasteiger partial charge in [-0.15, -0.1) is 0 Å². The van der Waals surface area contributed by atoms with Crippen molar-refractivity contribution < 1.29 is 22.1 Å². The van der Waals surface area contributed by atoms with E-state index in [0.29, 0.717) is 18.5 Å². The predicted octanol–water partition coefficient (Wildman–Crippen LogP) is 2.71.